The highest BCUT2D eigenvalue weighted by atomic mass is 16.5. The largest absolute Gasteiger partial charge is 0.495 e. The summed E-state index contributed by atoms with van der Waals surface area (Å²) in [5.74, 6) is 0.939. The predicted molar refractivity (Wildman–Crippen MR) is 120 cm³/mol. The maximum atomic E-state index is 5.73. The molecule has 0 amide bonds. The van der Waals surface area contributed by atoms with Crippen LogP contribution in [0.15, 0.2) is 71.9 Å². The molecule has 0 saturated carbocycles. The minimum atomic E-state index is 0.234. The molecule has 2 aromatic carbocycles. The van der Waals surface area contributed by atoms with Crippen LogP contribution in [0.2, 0.25) is 0 Å². The molecule has 2 aromatic heterocycles. The topological polar surface area (TPSA) is 89.2 Å². The van der Waals surface area contributed by atoms with Crippen molar-refractivity contribution in [1.29, 1.82) is 0 Å². The standard InChI is InChI=1S/C23H22N6O2/c1-15(29(2)3)16-9-11-17(12-10-16)19-13-24-14-20(25-19)22-27-28-23(31-22)26-18-7-5-6-8-21(18)30-4/h5-14H,1H2,2-4H3,(H,26,28). The third-order valence-corrected chi connectivity index (χ3v) is 4.68. The van der Waals surface area contributed by atoms with Crippen molar-refractivity contribution in [3.63, 3.8) is 0 Å². The van der Waals surface area contributed by atoms with Crippen LogP contribution in [0.1, 0.15) is 5.56 Å². The smallest absolute Gasteiger partial charge is 0.320 e. The monoisotopic (exact) mass is 414 g/mol. The van der Waals surface area contributed by atoms with Crippen LogP contribution in [0.3, 0.4) is 0 Å². The Labute approximate surface area is 180 Å². The summed E-state index contributed by atoms with van der Waals surface area (Å²) in [5.41, 5.74) is 4.82. The lowest BCUT2D eigenvalue weighted by atomic mass is 10.1. The van der Waals surface area contributed by atoms with Crippen LogP contribution in [0.4, 0.5) is 11.7 Å². The van der Waals surface area contributed by atoms with Crippen molar-refractivity contribution in [3.8, 4) is 28.6 Å². The van der Waals surface area contributed by atoms with E-state index < -0.39 is 0 Å². The summed E-state index contributed by atoms with van der Waals surface area (Å²) in [6.45, 7) is 4.08. The van der Waals surface area contributed by atoms with Crippen molar-refractivity contribution < 1.29 is 9.15 Å². The SMILES string of the molecule is C=C(c1ccc(-c2cncc(-c3nnc(Nc4ccccc4OC)o3)n2)cc1)N(C)C. The Morgan fingerprint density at radius 3 is 2.48 bits per heavy atom. The van der Waals surface area contributed by atoms with E-state index >= 15 is 0 Å². The Morgan fingerprint density at radius 2 is 1.74 bits per heavy atom. The van der Waals surface area contributed by atoms with Crippen molar-refractivity contribution >= 4 is 17.4 Å². The van der Waals surface area contributed by atoms with E-state index in [0.29, 0.717) is 17.1 Å². The number of nitrogens with one attached hydrogen (secondary N) is 1. The fraction of sp³-hybridized carbons (Fsp3) is 0.130. The van der Waals surface area contributed by atoms with Crippen molar-refractivity contribution in [2.24, 2.45) is 0 Å². The highest BCUT2D eigenvalue weighted by Gasteiger charge is 2.13. The Balaban J connectivity index is 1.56. The number of benzene rings is 2. The van der Waals surface area contributed by atoms with E-state index in [0.717, 1.165) is 22.5 Å². The van der Waals surface area contributed by atoms with E-state index in [9.17, 15) is 0 Å². The van der Waals surface area contributed by atoms with Gasteiger partial charge in [-0.15, -0.1) is 5.10 Å². The summed E-state index contributed by atoms with van der Waals surface area (Å²) in [6, 6.07) is 15.7. The normalized spacial score (nSPS) is 10.5. The number of aromatic nitrogens is 4. The molecular formula is C23H22N6O2. The molecule has 0 aliphatic heterocycles. The summed E-state index contributed by atoms with van der Waals surface area (Å²) in [7, 11) is 5.53. The van der Waals surface area contributed by atoms with E-state index in [1.807, 2.05) is 67.5 Å². The number of anilines is 2. The molecule has 1 N–H and O–H groups in total. The second kappa shape index (κ2) is 8.66. The quantitative estimate of drug-likeness (QED) is 0.474. The third-order valence-electron chi connectivity index (χ3n) is 4.68. The molecule has 2 heterocycles. The first-order valence-corrected chi connectivity index (χ1v) is 9.58. The molecule has 0 aliphatic rings. The molecule has 0 saturated heterocycles. The Bertz CT molecular complexity index is 1200. The van der Waals surface area contributed by atoms with Gasteiger partial charge in [-0.3, -0.25) is 4.98 Å². The van der Waals surface area contributed by atoms with Crippen molar-refractivity contribution in [1.82, 2.24) is 25.1 Å². The number of hydrogen-bond acceptors (Lipinski definition) is 8. The fourth-order valence-corrected chi connectivity index (χ4v) is 2.94. The Hall–Kier alpha value is -4.20. The molecule has 0 radical (unpaired) electrons. The molecule has 8 nitrogen and oxygen atoms in total. The van der Waals surface area contributed by atoms with Crippen molar-refractivity contribution in [2.75, 3.05) is 26.5 Å². The second-order valence-electron chi connectivity index (χ2n) is 6.95. The maximum Gasteiger partial charge on any atom is 0.320 e. The van der Waals surface area contributed by atoms with Crippen LogP contribution < -0.4 is 10.1 Å². The molecule has 0 bridgehead atoms. The van der Waals surface area contributed by atoms with E-state index in [1.54, 1.807) is 19.5 Å². The van der Waals surface area contributed by atoms with Crippen LogP contribution in [-0.2, 0) is 0 Å². The molecule has 0 spiro atoms. The van der Waals surface area contributed by atoms with Gasteiger partial charge < -0.3 is 19.4 Å². The van der Waals surface area contributed by atoms with Gasteiger partial charge in [-0.25, -0.2) is 4.98 Å². The molecule has 0 aliphatic carbocycles. The average molecular weight is 414 g/mol. The lowest BCUT2D eigenvalue weighted by Crippen LogP contribution is -2.08. The average Bonchev–Trinajstić information content (AvgIpc) is 3.27. The highest BCUT2D eigenvalue weighted by Crippen LogP contribution is 2.28. The van der Waals surface area contributed by atoms with Crippen LogP contribution in [0.25, 0.3) is 28.5 Å². The molecule has 0 unspecified atom stereocenters. The van der Waals surface area contributed by atoms with Crippen molar-refractivity contribution in [3.05, 3.63) is 73.1 Å². The molecule has 8 heteroatoms. The molecule has 31 heavy (non-hydrogen) atoms. The number of rotatable bonds is 7. The second-order valence-corrected chi connectivity index (χ2v) is 6.95. The first-order valence-electron chi connectivity index (χ1n) is 9.58. The molecule has 0 fully saturated rings. The minimum Gasteiger partial charge on any atom is -0.495 e. The molecule has 4 rings (SSSR count). The molecule has 0 atom stereocenters. The van der Waals surface area contributed by atoms with Gasteiger partial charge in [-0.05, 0) is 17.7 Å². The zero-order chi connectivity index (χ0) is 21.8. The number of nitrogens with zero attached hydrogens (tertiary/aromatic N) is 5. The third kappa shape index (κ3) is 4.37. The molecule has 156 valence electrons. The number of para-hydroxylation sites is 2. The van der Waals surface area contributed by atoms with Gasteiger partial charge in [0.05, 0.1) is 30.9 Å². The molecule has 4 aromatic rings. The van der Waals surface area contributed by atoms with E-state index in [-0.39, 0.29) is 11.9 Å². The summed E-state index contributed by atoms with van der Waals surface area (Å²) < 4.78 is 11.1. The molecular weight excluding hydrogens is 392 g/mol. The van der Waals surface area contributed by atoms with Crippen LogP contribution in [0, 0.1) is 0 Å². The maximum absolute atomic E-state index is 5.73. The van der Waals surface area contributed by atoms with Crippen LogP contribution in [-0.4, -0.2) is 46.3 Å². The van der Waals surface area contributed by atoms with Gasteiger partial charge in [0.25, 0.3) is 5.89 Å². The predicted octanol–water partition coefficient (Wildman–Crippen LogP) is 4.48. The summed E-state index contributed by atoms with van der Waals surface area (Å²) in [5, 5.41) is 11.2. The Kier molecular flexibility index (Phi) is 5.61. The fourth-order valence-electron chi connectivity index (χ4n) is 2.94. The van der Waals surface area contributed by atoms with E-state index in [1.165, 1.54) is 0 Å². The zero-order valence-electron chi connectivity index (χ0n) is 17.5. The lowest BCUT2D eigenvalue weighted by molar-refractivity contribution is 0.416. The summed E-state index contributed by atoms with van der Waals surface area (Å²) in [6.07, 6.45) is 3.29. The lowest BCUT2D eigenvalue weighted by Gasteiger charge is -2.15. The van der Waals surface area contributed by atoms with Gasteiger partial charge in [0, 0.05) is 25.4 Å². The number of ether oxygens (including phenoxy) is 1. The first kappa shape index (κ1) is 20.1. The minimum absolute atomic E-state index is 0.234. The van der Waals surface area contributed by atoms with Gasteiger partial charge in [0.15, 0.2) is 0 Å². The Morgan fingerprint density at radius 1 is 1.00 bits per heavy atom. The number of methoxy groups -OCH3 is 1. The van der Waals surface area contributed by atoms with Gasteiger partial charge >= 0.3 is 6.01 Å². The van der Waals surface area contributed by atoms with Gasteiger partial charge in [-0.2, -0.15) is 0 Å². The first-order chi connectivity index (χ1) is 15.0. The van der Waals surface area contributed by atoms with E-state index in [2.05, 4.69) is 32.1 Å². The zero-order valence-corrected chi connectivity index (χ0v) is 17.5. The van der Waals surface area contributed by atoms with E-state index in [4.69, 9.17) is 9.15 Å². The van der Waals surface area contributed by atoms with Crippen molar-refractivity contribution in [2.45, 2.75) is 0 Å². The highest BCUT2D eigenvalue weighted by molar-refractivity contribution is 5.67. The van der Waals surface area contributed by atoms with Gasteiger partial charge in [-0.1, -0.05) is 48.1 Å². The van der Waals surface area contributed by atoms with Crippen LogP contribution >= 0.6 is 0 Å². The van der Waals surface area contributed by atoms with Crippen LogP contribution in [0.5, 0.6) is 5.75 Å². The summed E-state index contributed by atoms with van der Waals surface area (Å²) >= 11 is 0. The summed E-state index contributed by atoms with van der Waals surface area (Å²) in [4.78, 5) is 10.9. The van der Waals surface area contributed by atoms with Gasteiger partial charge in [0.1, 0.15) is 11.4 Å². The number of hydrogen-bond donors (Lipinski definition) is 1. The van der Waals surface area contributed by atoms with Gasteiger partial charge in [0.2, 0.25) is 0 Å².